The van der Waals surface area contributed by atoms with E-state index in [4.69, 9.17) is 0 Å². The second-order valence-corrected chi connectivity index (χ2v) is 6.73. The van der Waals surface area contributed by atoms with Crippen LogP contribution in [-0.2, 0) is 13.5 Å². The van der Waals surface area contributed by atoms with Gasteiger partial charge >= 0.3 is 0 Å². The summed E-state index contributed by atoms with van der Waals surface area (Å²) in [7, 11) is 1.41. The van der Waals surface area contributed by atoms with Crippen LogP contribution in [-0.4, -0.2) is 36.7 Å². The van der Waals surface area contributed by atoms with Gasteiger partial charge in [-0.3, -0.25) is 14.6 Å². The molecule has 0 unspecified atom stereocenters. The van der Waals surface area contributed by atoms with Gasteiger partial charge in [-0.15, -0.1) is 0 Å². The van der Waals surface area contributed by atoms with E-state index in [1.165, 1.54) is 32.3 Å². The Morgan fingerprint density at radius 2 is 1.90 bits per heavy atom. The fourth-order valence-electron chi connectivity index (χ4n) is 2.90. The van der Waals surface area contributed by atoms with Gasteiger partial charge in [0.2, 0.25) is 5.91 Å². The maximum atomic E-state index is 13.1. The van der Waals surface area contributed by atoms with Gasteiger partial charge in [0.15, 0.2) is 5.75 Å². The van der Waals surface area contributed by atoms with Gasteiger partial charge in [-0.1, -0.05) is 19.1 Å². The highest BCUT2D eigenvalue weighted by molar-refractivity contribution is 6.01. The molecule has 0 aliphatic rings. The van der Waals surface area contributed by atoms with Gasteiger partial charge in [-0.05, 0) is 35.7 Å². The molecule has 3 rings (SSSR count). The molecule has 8 nitrogen and oxygen atoms in total. The van der Waals surface area contributed by atoms with Crippen molar-refractivity contribution in [2.24, 2.45) is 7.05 Å². The van der Waals surface area contributed by atoms with Crippen molar-refractivity contribution in [3.63, 3.8) is 0 Å². The van der Waals surface area contributed by atoms with Gasteiger partial charge in [-0.25, -0.2) is 4.39 Å². The van der Waals surface area contributed by atoms with E-state index >= 15 is 0 Å². The molecular weight excluding hydrogens is 381 g/mol. The molecule has 1 aromatic carbocycles. The monoisotopic (exact) mass is 401 g/mol. The third-order valence-electron chi connectivity index (χ3n) is 4.62. The summed E-state index contributed by atoms with van der Waals surface area (Å²) in [5, 5.41) is 31.6. The molecule has 1 amide bonds. The number of aliphatic hydroxyl groups is 2. The zero-order valence-corrected chi connectivity index (χ0v) is 15.8. The summed E-state index contributed by atoms with van der Waals surface area (Å²) in [6, 6.07) is 7.59. The Balaban J connectivity index is 2.05. The second-order valence-electron chi connectivity index (χ2n) is 6.73. The van der Waals surface area contributed by atoms with Crippen LogP contribution in [0.15, 0.2) is 41.3 Å². The quantitative estimate of drug-likeness (QED) is 0.476. The van der Waals surface area contributed by atoms with Gasteiger partial charge in [0.25, 0.3) is 11.5 Å². The van der Waals surface area contributed by atoms with Crippen molar-refractivity contribution in [2.75, 3.05) is 0 Å². The number of rotatable bonds is 5. The van der Waals surface area contributed by atoms with E-state index in [1.807, 2.05) is 5.32 Å². The summed E-state index contributed by atoms with van der Waals surface area (Å²) in [6.07, 6.45) is 1.68. The normalized spacial score (nSPS) is 11.6. The standard InChI is InChI=1S/C20H20FN3O5/c1-3-20(28,29)23-18(26)15-17(25)16-14(24(2)19(15)27)9-12(10-22-16)8-11-4-6-13(21)7-5-11/h4-7,9-10,25,28-29H,3,8H2,1-2H3,(H,23,26). The highest BCUT2D eigenvalue weighted by Crippen LogP contribution is 2.25. The molecule has 3 aromatic rings. The second kappa shape index (κ2) is 7.61. The first kappa shape index (κ1) is 20.4. The molecule has 0 spiro atoms. The molecule has 0 saturated carbocycles. The zero-order chi connectivity index (χ0) is 21.3. The molecule has 0 atom stereocenters. The van der Waals surface area contributed by atoms with Crippen molar-refractivity contribution in [3.8, 4) is 5.75 Å². The highest BCUT2D eigenvalue weighted by Gasteiger charge is 2.29. The third kappa shape index (κ3) is 4.10. The number of benzene rings is 1. The molecule has 2 aromatic heterocycles. The smallest absolute Gasteiger partial charge is 0.267 e. The van der Waals surface area contributed by atoms with Crippen LogP contribution < -0.4 is 10.9 Å². The van der Waals surface area contributed by atoms with Gasteiger partial charge < -0.3 is 25.2 Å². The van der Waals surface area contributed by atoms with E-state index < -0.39 is 28.7 Å². The van der Waals surface area contributed by atoms with Gasteiger partial charge in [0.1, 0.15) is 16.9 Å². The predicted molar refractivity (Wildman–Crippen MR) is 103 cm³/mol. The Morgan fingerprint density at radius 1 is 1.24 bits per heavy atom. The fourth-order valence-corrected chi connectivity index (χ4v) is 2.90. The maximum Gasteiger partial charge on any atom is 0.267 e. The lowest BCUT2D eigenvalue weighted by atomic mass is 10.1. The summed E-state index contributed by atoms with van der Waals surface area (Å²) in [4.78, 5) is 29.1. The number of pyridine rings is 2. The fraction of sp³-hybridized carbons (Fsp3) is 0.250. The van der Waals surface area contributed by atoms with Crippen molar-refractivity contribution in [3.05, 3.63) is 69.4 Å². The van der Waals surface area contributed by atoms with Crippen LogP contribution in [0.2, 0.25) is 0 Å². The lowest BCUT2D eigenvalue weighted by molar-refractivity contribution is -0.177. The summed E-state index contributed by atoms with van der Waals surface area (Å²) in [5.41, 5.74) is 0.391. The number of carbonyl (C=O) groups excluding carboxylic acids is 1. The number of aromatic nitrogens is 2. The minimum absolute atomic E-state index is 0.0121. The van der Waals surface area contributed by atoms with Crippen LogP contribution in [0.3, 0.4) is 0 Å². The van der Waals surface area contributed by atoms with Crippen LogP contribution >= 0.6 is 0 Å². The molecule has 152 valence electrons. The summed E-state index contributed by atoms with van der Waals surface area (Å²) < 4.78 is 14.2. The molecule has 0 saturated heterocycles. The summed E-state index contributed by atoms with van der Waals surface area (Å²) in [5.74, 6) is -4.65. The van der Waals surface area contributed by atoms with E-state index in [0.717, 1.165) is 10.1 Å². The molecule has 9 heteroatoms. The first-order valence-corrected chi connectivity index (χ1v) is 8.85. The average Bonchev–Trinajstić information content (AvgIpc) is 2.68. The Kier molecular flexibility index (Phi) is 5.36. The van der Waals surface area contributed by atoms with Crippen LogP contribution in [0, 0.1) is 5.82 Å². The number of hydrogen-bond donors (Lipinski definition) is 4. The molecule has 0 aliphatic carbocycles. The molecule has 2 heterocycles. The minimum atomic E-state index is -2.52. The predicted octanol–water partition coefficient (Wildman–Crippen LogP) is 1.15. The molecule has 0 aliphatic heterocycles. The number of amides is 1. The number of nitrogens with zero attached hydrogens (tertiary/aromatic N) is 2. The zero-order valence-electron chi connectivity index (χ0n) is 15.8. The van der Waals surface area contributed by atoms with Gasteiger partial charge in [0, 0.05) is 19.7 Å². The number of fused-ring (bicyclic) bond motifs is 1. The van der Waals surface area contributed by atoms with E-state index in [2.05, 4.69) is 4.98 Å². The largest absolute Gasteiger partial charge is 0.505 e. The first-order chi connectivity index (χ1) is 13.6. The number of nitrogens with one attached hydrogen (secondary N) is 1. The van der Waals surface area contributed by atoms with Crippen molar-refractivity contribution in [1.29, 1.82) is 0 Å². The van der Waals surface area contributed by atoms with Crippen LogP contribution in [0.4, 0.5) is 4.39 Å². The number of carbonyl (C=O) groups is 1. The van der Waals surface area contributed by atoms with Crippen molar-refractivity contribution >= 4 is 16.9 Å². The highest BCUT2D eigenvalue weighted by atomic mass is 19.1. The minimum Gasteiger partial charge on any atom is -0.505 e. The van der Waals surface area contributed by atoms with Gasteiger partial charge in [-0.2, -0.15) is 0 Å². The van der Waals surface area contributed by atoms with Crippen LogP contribution in [0.5, 0.6) is 5.75 Å². The SMILES string of the molecule is CCC(O)(O)NC(=O)c1c(O)c2ncc(Cc3ccc(F)cc3)cc2n(C)c1=O. The van der Waals surface area contributed by atoms with Crippen molar-refractivity contribution < 1.29 is 24.5 Å². The van der Waals surface area contributed by atoms with E-state index in [1.54, 1.807) is 18.2 Å². The molecule has 0 bridgehead atoms. The summed E-state index contributed by atoms with van der Waals surface area (Å²) in [6.45, 7) is 1.42. The van der Waals surface area contributed by atoms with Crippen molar-refractivity contribution in [2.45, 2.75) is 25.7 Å². The first-order valence-electron chi connectivity index (χ1n) is 8.85. The average molecular weight is 401 g/mol. The Bertz CT molecular complexity index is 1140. The topological polar surface area (TPSA) is 125 Å². The van der Waals surface area contributed by atoms with Crippen LogP contribution in [0.25, 0.3) is 11.0 Å². The number of hydrogen-bond acceptors (Lipinski definition) is 6. The van der Waals surface area contributed by atoms with E-state index in [9.17, 15) is 29.3 Å². The molecule has 0 fully saturated rings. The van der Waals surface area contributed by atoms with Gasteiger partial charge in [0.05, 0.1) is 5.52 Å². The molecule has 4 N–H and O–H groups in total. The number of halogens is 1. The molecular formula is C20H20FN3O5. The lowest BCUT2D eigenvalue weighted by Gasteiger charge is -2.21. The Hall–Kier alpha value is -3.30. The lowest BCUT2D eigenvalue weighted by Crippen LogP contribution is -2.49. The Labute approximate surface area is 164 Å². The number of aromatic hydroxyl groups is 1. The van der Waals surface area contributed by atoms with Crippen LogP contribution in [0.1, 0.15) is 34.8 Å². The maximum absolute atomic E-state index is 13.1. The van der Waals surface area contributed by atoms with Crippen molar-refractivity contribution in [1.82, 2.24) is 14.9 Å². The summed E-state index contributed by atoms with van der Waals surface area (Å²) >= 11 is 0. The number of aryl methyl sites for hydroxylation is 1. The van der Waals surface area contributed by atoms with E-state index in [0.29, 0.717) is 17.5 Å². The third-order valence-corrected chi connectivity index (χ3v) is 4.62. The Morgan fingerprint density at radius 3 is 2.52 bits per heavy atom. The molecule has 29 heavy (non-hydrogen) atoms. The molecule has 0 radical (unpaired) electrons. The van der Waals surface area contributed by atoms with E-state index in [-0.39, 0.29) is 17.8 Å².